The van der Waals surface area contributed by atoms with Crippen molar-refractivity contribution in [1.29, 1.82) is 0 Å². The number of hydrogen-bond donors (Lipinski definition) is 1. The van der Waals surface area contributed by atoms with Gasteiger partial charge in [0.25, 0.3) is 0 Å². The van der Waals surface area contributed by atoms with Crippen LogP contribution in [-0.4, -0.2) is 25.3 Å². The SMILES string of the molecule is CCOC1CC(NCC2(C(C)C)CC2)C12CCC2. The molecule has 1 spiro atoms. The van der Waals surface area contributed by atoms with Crippen molar-refractivity contribution < 1.29 is 4.74 Å². The molecule has 0 aromatic carbocycles. The summed E-state index contributed by atoms with van der Waals surface area (Å²) < 4.78 is 5.92. The summed E-state index contributed by atoms with van der Waals surface area (Å²) in [4.78, 5) is 0. The van der Waals surface area contributed by atoms with Crippen LogP contribution in [0.2, 0.25) is 0 Å². The number of ether oxygens (including phenoxy) is 1. The molecule has 0 saturated heterocycles. The average Bonchev–Trinajstić information content (AvgIpc) is 3.01. The summed E-state index contributed by atoms with van der Waals surface area (Å²) in [5.74, 6) is 0.838. The van der Waals surface area contributed by atoms with E-state index in [-0.39, 0.29) is 0 Å². The lowest BCUT2D eigenvalue weighted by Gasteiger charge is -2.61. The Kier molecular flexibility index (Phi) is 3.22. The first-order chi connectivity index (χ1) is 8.63. The van der Waals surface area contributed by atoms with E-state index >= 15 is 0 Å². The van der Waals surface area contributed by atoms with Gasteiger partial charge in [0.2, 0.25) is 0 Å². The first-order valence-corrected chi connectivity index (χ1v) is 7.98. The molecule has 3 rings (SSSR count). The van der Waals surface area contributed by atoms with Crippen molar-refractivity contribution in [3.05, 3.63) is 0 Å². The quantitative estimate of drug-likeness (QED) is 0.781. The molecule has 104 valence electrons. The number of nitrogens with one attached hydrogen (secondary N) is 1. The van der Waals surface area contributed by atoms with Gasteiger partial charge in [-0.15, -0.1) is 0 Å². The van der Waals surface area contributed by atoms with E-state index in [2.05, 4.69) is 26.1 Å². The van der Waals surface area contributed by atoms with Crippen LogP contribution in [0.4, 0.5) is 0 Å². The molecule has 2 nitrogen and oxygen atoms in total. The molecule has 1 N–H and O–H groups in total. The van der Waals surface area contributed by atoms with Crippen molar-refractivity contribution in [2.24, 2.45) is 16.7 Å². The van der Waals surface area contributed by atoms with E-state index in [9.17, 15) is 0 Å². The lowest BCUT2D eigenvalue weighted by atomic mass is 9.51. The number of rotatable bonds is 6. The molecule has 0 heterocycles. The lowest BCUT2D eigenvalue weighted by molar-refractivity contribution is -0.173. The average molecular weight is 251 g/mol. The molecule has 0 radical (unpaired) electrons. The molecule has 2 heteroatoms. The van der Waals surface area contributed by atoms with E-state index < -0.39 is 0 Å². The Morgan fingerprint density at radius 1 is 1.22 bits per heavy atom. The maximum Gasteiger partial charge on any atom is 0.0661 e. The summed E-state index contributed by atoms with van der Waals surface area (Å²) in [5, 5.41) is 3.90. The lowest BCUT2D eigenvalue weighted by Crippen LogP contribution is -2.67. The highest BCUT2D eigenvalue weighted by molar-refractivity contribution is 5.13. The second kappa shape index (κ2) is 4.49. The molecule has 3 aliphatic carbocycles. The van der Waals surface area contributed by atoms with E-state index in [0.29, 0.717) is 16.9 Å². The van der Waals surface area contributed by atoms with Crippen molar-refractivity contribution in [3.63, 3.8) is 0 Å². The molecular weight excluding hydrogens is 222 g/mol. The molecule has 2 atom stereocenters. The monoisotopic (exact) mass is 251 g/mol. The molecule has 3 fully saturated rings. The highest BCUT2D eigenvalue weighted by Crippen LogP contribution is 2.58. The predicted octanol–water partition coefficient (Wildman–Crippen LogP) is 3.36. The second-order valence-electron chi connectivity index (χ2n) is 7.22. The van der Waals surface area contributed by atoms with Crippen LogP contribution in [0, 0.1) is 16.7 Å². The Morgan fingerprint density at radius 3 is 2.39 bits per heavy atom. The Labute approximate surface area is 112 Å². The van der Waals surface area contributed by atoms with Gasteiger partial charge < -0.3 is 10.1 Å². The molecule has 0 aromatic heterocycles. The molecule has 0 aromatic rings. The van der Waals surface area contributed by atoms with Crippen LogP contribution in [0.3, 0.4) is 0 Å². The van der Waals surface area contributed by atoms with Gasteiger partial charge in [-0.25, -0.2) is 0 Å². The van der Waals surface area contributed by atoms with E-state index in [0.717, 1.165) is 18.6 Å². The molecule has 0 bridgehead atoms. The van der Waals surface area contributed by atoms with Gasteiger partial charge in [-0.3, -0.25) is 0 Å². The van der Waals surface area contributed by atoms with Crippen LogP contribution >= 0.6 is 0 Å². The molecule has 18 heavy (non-hydrogen) atoms. The van der Waals surface area contributed by atoms with Crippen molar-refractivity contribution in [3.8, 4) is 0 Å². The summed E-state index contributed by atoms with van der Waals surface area (Å²) in [6.07, 6.45) is 8.88. The Bertz CT molecular complexity index is 304. The first kappa shape index (κ1) is 12.9. The van der Waals surface area contributed by atoms with Crippen LogP contribution in [0.25, 0.3) is 0 Å². The van der Waals surface area contributed by atoms with Gasteiger partial charge in [0, 0.05) is 24.6 Å². The summed E-state index contributed by atoms with van der Waals surface area (Å²) in [7, 11) is 0. The minimum Gasteiger partial charge on any atom is -0.378 e. The smallest absolute Gasteiger partial charge is 0.0661 e. The van der Waals surface area contributed by atoms with Gasteiger partial charge in [-0.1, -0.05) is 20.3 Å². The third-order valence-electron chi connectivity index (χ3n) is 6.25. The van der Waals surface area contributed by atoms with E-state index in [1.54, 1.807) is 0 Å². The van der Waals surface area contributed by atoms with Crippen LogP contribution in [0.1, 0.15) is 59.3 Å². The van der Waals surface area contributed by atoms with E-state index in [1.807, 2.05) is 0 Å². The molecule has 3 aliphatic rings. The normalized spacial score (nSPS) is 35.3. The Balaban J connectivity index is 1.52. The zero-order valence-corrected chi connectivity index (χ0v) is 12.3. The fourth-order valence-corrected chi connectivity index (χ4v) is 4.17. The highest BCUT2D eigenvalue weighted by Gasteiger charge is 2.59. The van der Waals surface area contributed by atoms with Gasteiger partial charge in [-0.2, -0.15) is 0 Å². The minimum atomic E-state index is 0.531. The van der Waals surface area contributed by atoms with Crippen molar-refractivity contribution in [1.82, 2.24) is 5.32 Å². The molecule has 0 aliphatic heterocycles. The van der Waals surface area contributed by atoms with Crippen LogP contribution < -0.4 is 5.32 Å². The number of hydrogen-bond acceptors (Lipinski definition) is 2. The third kappa shape index (κ3) is 1.84. The Morgan fingerprint density at radius 2 is 1.94 bits per heavy atom. The minimum absolute atomic E-state index is 0.531. The predicted molar refractivity (Wildman–Crippen MR) is 74.6 cm³/mol. The van der Waals surface area contributed by atoms with E-state index in [4.69, 9.17) is 4.74 Å². The Hall–Kier alpha value is -0.0800. The molecule has 2 unspecified atom stereocenters. The maximum atomic E-state index is 5.92. The van der Waals surface area contributed by atoms with Crippen LogP contribution in [0.15, 0.2) is 0 Å². The zero-order valence-electron chi connectivity index (χ0n) is 12.3. The van der Waals surface area contributed by atoms with E-state index in [1.165, 1.54) is 45.1 Å². The fraction of sp³-hybridized carbons (Fsp3) is 1.00. The summed E-state index contributed by atoms with van der Waals surface area (Å²) in [6, 6.07) is 0.749. The van der Waals surface area contributed by atoms with Gasteiger partial charge in [-0.05, 0) is 50.4 Å². The molecular formula is C16H29NO. The van der Waals surface area contributed by atoms with Crippen molar-refractivity contribution >= 4 is 0 Å². The van der Waals surface area contributed by atoms with Crippen molar-refractivity contribution in [2.75, 3.05) is 13.2 Å². The summed E-state index contributed by atoms with van der Waals surface area (Å²) in [5.41, 5.74) is 1.17. The molecule has 0 amide bonds. The third-order valence-corrected chi connectivity index (χ3v) is 6.25. The maximum absolute atomic E-state index is 5.92. The van der Waals surface area contributed by atoms with Crippen LogP contribution in [-0.2, 0) is 4.74 Å². The largest absolute Gasteiger partial charge is 0.378 e. The van der Waals surface area contributed by atoms with Gasteiger partial charge in [0.15, 0.2) is 0 Å². The fourth-order valence-electron chi connectivity index (χ4n) is 4.17. The topological polar surface area (TPSA) is 21.3 Å². The van der Waals surface area contributed by atoms with Gasteiger partial charge in [0.05, 0.1) is 6.10 Å². The summed E-state index contributed by atoms with van der Waals surface area (Å²) in [6.45, 7) is 9.03. The second-order valence-corrected chi connectivity index (χ2v) is 7.22. The van der Waals surface area contributed by atoms with Crippen molar-refractivity contribution in [2.45, 2.75) is 71.4 Å². The summed E-state index contributed by atoms with van der Waals surface area (Å²) >= 11 is 0. The van der Waals surface area contributed by atoms with Crippen LogP contribution in [0.5, 0.6) is 0 Å². The molecule has 3 saturated carbocycles. The van der Waals surface area contributed by atoms with Gasteiger partial charge in [0.1, 0.15) is 0 Å². The highest BCUT2D eigenvalue weighted by atomic mass is 16.5. The standard InChI is InChI=1S/C16H29NO/c1-4-18-14-10-13(16(14)6-5-7-16)17-11-15(8-9-15)12(2)3/h12-14,17H,4-11H2,1-3H3. The zero-order chi connectivity index (χ0) is 12.8. The first-order valence-electron chi connectivity index (χ1n) is 7.98. The van der Waals surface area contributed by atoms with Gasteiger partial charge >= 0.3 is 0 Å².